The average molecular weight is 319 g/mol. The number of nitrogens with zero attached hydrogens (tertiary/aromatic N) is 1. The minimum atomic E-state index is -3.94. The van der Waals surface area contributed by atoms with Gasteiger partial charge in [-0.3, -0.25) is 0 Å². The van der Waals surface area contributed by atoms with E-state index in [-0.39, 0.29) is 15.5 Å². The highest BCUT2D eigenvalue weighted by atomic mass is 35.5. The van der Waals surface area contributed by atoms with Gasteiger partial charge < -0.3 is 9.31 Å². The van der Waals surface area contributed by atoms with Crippen molar-refractivity contribution in [2.24, 2.45) is 5.14 Å². The number of hydrogen-bond acceptors (Lipinski definition) is 5. The number of hydrogen-bond donors (Lipinski definition) is 1. The lowest BCUT2D eigenvalue weighted by molar-refractivity contribution is 0.00578. The average Bonchev–Trinajstić information content (AvgIpc) is 2.46. The van der Waals surface area contributed by atoms with E-state index >= 15 is 0 Å². The second kappa shape index (κ2) is 4.67. The summed E-state index contributed by atoms with van der Waals surface area (Å²) in [5.74, 6) is 0. The predicted octanol–water partition coefficient (Wildman–Crippen LogP) is 0.682. The molecule has 2 heterocycles. The first-order valence-electron chi connectivity index (χ1n) is 5.98. The minimum Gasteiger partial charge on any atom is -0.399 e. The van der Waals surface area contributed by atoms with Crippen LogP contribution in [0.3, 0.4) is 0 Å². The largest absolute Gasteiger partial charge is 0.496 e. The monoisotopic (exact) mass is 318 g/mol. The molecule has 0 bridgehead atoms. The molecule has 0 atom stereocenters. The lowest BCUT2D eigenvalue weighted by Crippen LogP contribution is -2.41. The molecule has 0 amide bonds. The van der Waals surface area contributed by atoms with Crippen LogP contribution in [0.4, 0.5) is 0 Å². The Morgan fingerprint density at radius 3 is 2.20 bits per heavy atom. The molecular weight excluding hydrogens is 302 g/mol. The van der Waals surface area contributed by atoms with Gasteiger partial charge in [0, 0.05) is 11.7 Å². The van der Waals surface area contributed by atoms with E-state index in [1.165, 1.54) is 6.07 Å². The Kier molecular flexibility index (Phi) is 3.67. The smallest absolute Gasteiger partial charge is 0.399 e. The van der Waals surface area contributed by atoms with Crippen LogP contribution in [-0.2, 0) is 19.3 Å². The molecular formula is C11H16BClN2O4S. The van der Waals surface area contributed by atoms with Gasteiger partial charge in [-0.25, -0.2) is 18.5 Å². The summed E-state index contributed by atoms with van der Waals surface area (Å²) in [4.78, 5) is 3.59. The van der Waals surface area contributed by atoms with E-state index < -0.39 is 28.3 Å². The number of nitrogens with two attached hydrogens (primary N) is 1. The van der Waals surface area contributed by atoms with Crippen molar-refractivity contribution in [1.82, 2.24) is 4.98 Å². The summed E-state index contributed by atoms with van der Waals surface area (Å²) >= 11 is 5.83. The van der Waals surface area contributed by atoms with E-state index in [1.54, 1.807) is 0 Å². The Balaban J connectivity index is 2.53. The van der Waals surface area contributed by atoms with Gasteiger partial charge in [-0.15, -0.1) is 0 Å². The summed E-state index contributed by atoms with van der Waals surface area (Å²) in [6, 6.07) is 1.39. The van der Waals surface area contributed by atoms with Crippen LogP contribution in [0.5, 0.6) is 0 Å². The number of sulfonamides is 1. The topological polar surface area (TPSA) is 91.5 Å². The van der Waals surface area contributed by atoms with Crippen LogP contribution >= 0.6 is 11.6 Å². The zero-order chi connectivity index (χ0) is 15.3. The van der Waals surface area contributed by atoms with Crippen LogP contribution in [0.25, 0.3) is 0 Å². The molecule has 0 spiro atoms. The van der Waals surface area contributed by atoms with Crippen LogP contribution < -0.4 is 10.6 Å². The van der Waals surface area contributed by atoms with Gasteiger partial charge in [0.2, 0.25) is 10.0 Å². The third-order valence-corrected chi connectivity index (χ3v) is 4.84. The van der Waals surface area contributed by atoms with E-state index in [4.69, 9.17) is 26.0 Å². The highest BCUT2D eigenvalue weighted by Gasteiger charge is 2.52. The molecule has 6 nitrogen and oxygen atoms in total. The Morgan fingerprint density at radius 2 is 1.75 bits per heavy atom. The number of halogens is 1. The van der Waals surface area contributed by atoms with Gasteiger partial charge in [-0.05, 0) is 33.8 Å². The van der Waals surface area contributed by atoms with Crippen molar-refractivity contribution in [3.63, 3.8) is 0 Å². The molecule has 9 heteroatoms. The van der Waals surface area contributed by atoms with Crippen LogP contribution in [0, 0.1) is 0 Å². The van der Waals surface area contributed by atoms with Gasteiger partial charge in [0.25, 0.3) is 0 Å². The van der Waals surface area contributed by atoms with Crippen LogP contribution in [0.2, 0.25) is 5.15 Å². The lowest BCUT2D eigenvalue weighted by atomic mass is 9.80. The van der Waals surface area contributed by atoms with Crippen LogP contribution in [0.1, 0.15) is 27.7 Å². The van der Waals surface area contributed by atoms with E-state index in [9.17, 15) is 8.42 Å². The molecule has 0 unspecified atom stereocenters. The Morgan fingerprint density at radius 1 is 1.25 bits per heavy atom. The fourth-order valence-corrected chi connectivity index (χ4v) is 2.67. The summed E-state index contributed by atoms with van der Waals surface area (Å²) in [6.07, 6.45) is 1.11. The van der Waals surface area contributed by atoms with Crippen LogP contribution in [0.15, 0.2) is 17.2 Å². The Labute approximate surface area is 123 Å². The number of rotatable bonds is 2. The Hall–Kier alpha value is -0.665. The third kappa shape index (κ3) is 2.71. The first kappa shape index (κ1) is 15.7. The van der Waals surface area contributed by atoms with E-state index in [1.807, 2.05) is 27.7 Å². The quantitative estimate of drug-likeness (QED) is 0.639. The Bertz CT molecular complexity index is 632. The van der Waals surface area contributed by atoms with Gasteiger partial charge in [0.1, 0.15) is 5.15 Å². The predicted molar refractivity (Wildman–Crippen MR) is 76.3 cm³/mol. The summed E-state index contributed by atoms with van der Waals surface area (Å²) < 4.78 is 34.9. The minimum absolute atomic E-state index is 0.141. The second-order valence-corrected chi connectivity index (χ2v) is 7.60. The van der Waals surface area contributed by atoms with Crippen molar-refractivity contribution in [3.05, 3.63) is 17.4 Å². The van der Waals surface area contributed by atoms with Crippen molar-refractivity contribution < 1.29 is 17.7 Å². The molecule has 1 saturated heterocycles. The second-order valence-electron chi connectivity index (χ2n) is 5.68. The highest BCUT2D eigenvalue weighted by Crippen LogP contribution is 2.36. The van der Waals surface area contributed by atoms with Gasteiger partial charge in [-0.1, -0.05) is 11.6 Å². The zero-order valence-electron chi connectivity index (χ0n) is 11.7. The third-order valence-electron chi connectivity index (χ3n) is 3.68. The van der Waals surface area contributed by atoms with Gasteiger partial charge in [0.15, 0.2) is 0 Å². The molecule has 2 rings (SSSR count). The van der Waals surface area contributed by atoms with E-state index in [0.717, 1.165) is 6.20 Å². The molecule has 0 aromatic carbocycles. The van der Waals surface area contributed by atoms with Crippen molar-refractivity contribution in [3.8, 4) is 0 Å². The summed E-state index contributed by atoms with van der Waals surface area (Å²) in [5, 5.41) is 5.33. The highest BCUT2D eigenvalue weighted by molar-refractivity contribution is 7.89. The molecule has 2 N–H and O–H groups in total. The number of aromatic nitrogens is 1. The first-order valence-corrected chi connectivity index (χ1v) is 7.90. The number of pyridine rings is 1. The summed E-state index contributed by atoms with van der Waals surface area (Å²) in [7, 11) is -4.81. The van der Waals surface area contributed by atoms with Crippen molar-refractivity contribution in [2.75, 3.05) is 0 Å². The van der Waals surface area contributed by atoms with Crippen LogP contribution in [-0.4, -0.2) is 31.7 Å². The fourth-order valence-electron chi connectivity index (χ4n) is 1.82. The fraction of sp³-hybridized carbons (Fsp3) is 0.545. The van der Waals surface area contributed by atoms with Gasteiger partial charge in [-0.2, -0.15) is 0 Å². The van der Waals surface area contributed by atoms with Crippen molar-refractivity contribution in [2.45, 2.75) is 43.8 Å². The molecule has 1 aliphatic heterocycles. The maximum atomic E-state index is 11.6. The summed E-state index contributed by atoms with van der Waals surface area (Å²) in [5.41, 5.74) is -0.933. The SMILES string of the molecule is CC1(C)OB(c2cc(Cl)ncc2S(N)(=O)=O)OC1(C)C. The van der Waals surface area contributed by atoms with Crippen molar-refractivity contribution >= 4 is 34.2 Å². The normalized spacial score (nSPS) is 21.2. The maximum absolute atomic E-state index is 11.6. The maximum Gasteiger partial charge on any atom is 0.496 e. The molecule has 1 aromatic heterocycles. The van der Waals surface area contributed by atoms with E-state index in [2.05, 4.69) is 4.98 Å². The lowest BCUT2D eigenvalue weighted by Gasteiger charge is -2.32. The summed E-state index contributed by atoms with van der Waals surface area (Å²) in [6.45, 7) is 7.47. The van der Waals surface area contributed by atoms with Gasteiger partial charge in [0.05, 0.1) is 16.1 Å². The molecule has 110 valence electrons. The molecule has 1 aliphatic rings. The molecule has 1 fully saturated rings. The van der Waals surface area contributed by atoms with Crippen molar-refractivity contribution in [1.29, 1.82) is 0 Å². The molecule has 0 saturated carbocycles. The molecule has 1 aromatic rings. The first-order chi connectivity index (χ1) is 8.94. The molecule has 0 radical (unpaired) electrons. The standard InChI is InChI=1S/C11H16BClN2O4S/c1-10(2)11(3,4)19-12(18-10)7-5-9(13)15-6-8(7)20(14,16)17/h5-6H,1-4H3,(H2,14,16,17). The molecule has 20 heavy (non-hydrogen) atoms. The number of primary sulfonamides is 1. The van der Waals surface area contributed by atoms with Gasteiger partial charge >= 0.3 is 7.12 Å². The van der Waals surface area contributed by atoms with E-state index in [0.29, 0.717) is 0 Å². The zero-order valence-corrected chi connectivity index (χ0v) is 13.2. The molecule has 0 aliphatic carbocycles.